The first kappa shape index (κ1) is 16.6. The number of aryl methyl sites for hydroxylation is 1. The van der Waals surface area contributed by atoms with E-state index in [0.29, 0.717) is 30.5 Å². The first-order valence-corrected chi connectivity index (χ1v) is 7.87. The van der Waals surface area contributed by atoms with Gasteiger partial charge in [-0.1, -0.05) is 11.6 Å². The smallest absolute Gasteiger partial charge is 0.239 e. The molecule has 0 unspecified atom stereocenters. The fourth-order valence-electron chi connectivity index (χ4n) is 1.96. The third-order valence-electron chi connectivity index (χ3n) is 3.33. The molecule has 120 valence electrons. The number of ether oxygens (including phenoxy) is 1. The number of hydrogen-bond acceptors (Lipinski definition) is 3. The lowest BCUT2D eigenvalue weighted by Crippen LogP contribution is -2.37. The van der Waals surface area contributed by atoms with Crippen LogP contribution in [0.15, 0.2) is 18.2 Å². The quantitative estimate of drug-likeness (QED) is 0.720. The van der Waals surface area contributed by atoms with Gasteiger partial charge in [0.1, 0.15) is 5.75 Å². The Hall–Kier alpha value is -1.75. The van der Waals surface area contributed by atoms with E-state index in [4.69, 9.17) is 16.3 Å². The van der Waals surface area contributed by atoms with E-state index in [-0.39, 0.29) is 18.4 Å². The van der Waals surface area contributed by atoms with Crippen molar-refractivity contribution >= 4 is 23.4 Å². The largest absolute Gasteiger partial charge is 0.493 e. The Labute approximate surface area is 135 Å². The van der Waals surface area contributed by atoms with Crippen LogP contribution < -0.4 is 15.4 Å². The lowest BCUT2D eigenvalue weighted by molar-refractivity contribution is -0.126. The van der Waals surface area contributed by atoms with Gasteiger partial charge in [0.25, 0.3) is 0 Å². The number of halogens is 1. The van der Waals surface area contributed by atoms with Crippen molar-refractivity contribution < 1.29 is 14.3 Å². The highest BCUT2D eigenvalue weighted by molar-refractivity contribution is 6.30. The molecule has 1 aromatic carbocycles. The van der Waals surface area contributed by atoms with Gasteiger partial charge in [-0.05, 0) is 49.9 Å². The predicted octanol–water partition coefficient (Wildman–Crippen LogP) is 2.20. The number of benzene rings is 1. The van der Waals surface area contributed by atoms with E-state index in [1.54, 1.807) is 6.07 Å². The Morgan fingerprint density at radius 1 is 1.32 bits per heavy atom. The number of rotatable bonds is 8. The first-order valence-electron chi connectivity index (χ1n) is 7.49. The molecular weight excluding hydrogens is 304 g/mol. The number of nitrogens with one attached hydrogen (secondary N) is 2. The van der Waals surface area contributed by atoms with Gasteiger partial charge in [0.05, 0.1) is 13.2 Å². The SMILES string of the molecule is Cc1cc(Cl)ccc1OCCCC(=O)NCC(=O)NC1CC1. The third kappa shape index (κ3) is 5.93. The zero-order valence-electron chi connectivity index (χ0n) is 12.7. The Morgan fingerprint density at radius 3 is 2.77 bits per heavy atom. The van der Waals surface area contributed by atoms with Crippen LogP contribution in [-0.2, 0) is 9.59 Å². The normalized spacial score (nSPS) is 13.5. The minimum absolute atomic E-state index is 0.0481. The van der Waals surface area contributed by atoms with Crippen LogP contribution >= 0.6 is 11.6 Å². The second-order valence-electron chi connectivity index (χ2n) is 5.48. The minimum Gasteiger partial charge on any atom is -0.493 e. The van der Waals surface area contributed by atoms with E-state index >= 15 is 0 Å². The van der Waals surface area contributed by atoms with Crippen molar-refractivity contribution in [3.8, 4) is 5.75 Å². The standard InChI is InChI=1S/C16H21ClN2O3/c1-11-9-12(17)4-7-14(11)22-8-2-3-15(20)18-10-16(21)19-13-5-6-13/h4,7,9,13H,2-3,5-6,8,10H2,1H3,(H,18,20)(H,19,21). The second-order valence-corrected chi connectivity index (χ2v) is 5.92. The van der Waals surface area contributed by atoms with Crippen molar-refractivity contribution in [1.29, 1.82) is 0 Å². The molecule has 0 aliphatic heterocycles. The van der Waals surface area contributed by atoms with E-state index in [0.717, 1.165) is 24.2 Å². The zero-order valence-corrected chi connectivity index (χ0v) is 13.4. The van der Waals surface area contributed by atoms with Crippen LogP contribution in [0.1, 0.15) is 31.2 Å². The molecule has 1 aliphatic carbocycles. The average molecular weight is 325 g/mol. The molecule has 5 nitrogen and oxygen atoms in total. The molecule has 0 radical (unpaired) electrons. The summed E-state index contributed by atoms with van der Waals surface area (Å²) in [4.78, 5) is 23.0. The summed E-state index contributed by atoms with van der Waals surface area (Å²) in [5, 5.41) is 6.10. The van der Waals surface area contributed by atoms with Crippen LogP contribution in [-0.4, -0.2) is 31.0 Å². The van der Waals surface area contributed by atoms with Gasteiger partial charge in [-0.15, -0.1) is 0 Å². The van der Waals surface area contributed by atoms with E-state index in [1.807, 2.05) is 19.1 Å². The number of carbonyl (C=O) groups excluding carboxylic acids is 2. The summed E-state index contributed by atoms with van der Waals surface area (Å²) >= 11 is 5.87. The van der Waals surface area contributed by atoms with Crippen molar-refractivity contribution in [2.24, 2.45) is 0 Å². The van der Waals surface area contributed by atoms with Crippen molar-refractivity contribution in [2.45, 2.75) is 38.6 Å². The van der Waals surface area contributed by atoms with Gasteiger partial charge in [-0.25, -0.2) is 0 Å². The maximum absolute atomic E-state index is 11.6. The number of hydrogen-bond donors (Lipinski definition) is 2. The Morgan fingerprint density at radius 2 is 2.09 bits per heavy atom. The molecule has 2 N–H and O–H groups in total. The molecule has 2 rings (SSSR count). The second kappa shape index (κ2) is 8.03. The Kier molecular flexibility index (Phi) is 6.07. The zero-order chi connectivity index (χ0) is 15.9. The summed E-state index contributed by atoms with van der Waals surface area (Å²) in [5.41, 5.74) is 0.966. The van der Waals surface area contributed by atoms with E-state index < -0.39 is 0 Å². The van der Waals surface area contributed by atoms with E-state index in [1.165, 1.54) is 0 Å². The topological polar surface area (TPSA) is 67.4 Å². The van der Waals surface area contributed by atoms with E-state index in [2.05, 4.69) is 10.6 Å². The molecule has 0 saturated heterocycles. The maximum atomic E-state index is 11.6. The van der Waals surface area contributed by atoms with Gasteiger partial charge >= 0.3 is 0 Å². The van der Waals surface area contributed by atoms with Crippen molar-refractivity contribution in [1.82, 2.24) is 10.6 Å². The lowest BCUT2D eigenvalue weighted by Gasteiger charge is -2.09. The van der Waals surface area contributed by atoms with Crippen LogP contribution in [0, 0.1) is 6.92 Å². The molecule has 0 bridgehead atoms. The maximum Gasteiger partial charge on any atom is 0.239 e. The van der Waals surface area contributed by atoms with Gasteiger partial charge in [0, 0.05) is 17.5 Å². The first-order chi connectivity index (χ1) is 10.5. The molecule has 0 aromatic heterocycles. The Bertz CT molecular complexity index is 544. The molecule has 6 heteroatoms. The summed E-state index contributed by atoms with van der Waals surface area (Å²) in [7, 11) is 0. The van der Waals surface area contributed by atoms with Crippen LogP contribution in [0.3, 0.4) is 0 Å². The van der Waals surface area contributed by atoms with Gasteiger partial charge in [0.2, 0.25) is 11.8 Å². The third-order valence-corrected chi connectivity index (χ3v) is 3.57. The molecule has 0 spiro atoms. The molecule has 1 aromatic rings. The van der Waals surface area contributed by atoms with Crippen LogP contribution in [0.25, 0.3) is 0 Å². The van der Waals surface area contributed by atoms with Crippen molar-refractivity contribution in [3.05, 3.63) is 28.8 Å². The molecule has 1 fully saturated rings. The summed E-state index contributed by atoms with van der Waals surface area (Å²) in [6.07, 6.45) is 3.02. The fourth-order valence-corrected chi connectivity index (χ4v) is 2.19. The summed E-state index contributed by atoms with van der Waals surface area (Å²) < 4.78 is 5.61. The fraction of sp³-hybridized carbons (Fsp3) is 0.500. The predicted molar refractivity (Wildman–Crippen MR) is 85.1 cm³/mol. The summed E-state index contributed by atoms with van der Waals surface area (Å²) in [6.45, 7) is 2.42. The van der Waals surface area contributed by atoms with Crippen LogP contribution in [0.4, 0.5) is 0 Å². The monoisotopic (exact) mass is 324 g/mol. The van der Waals surface area contributed by atoms with Gasteiger partial charge in [0.15, 0.2) is 0 Å². The Balaban J connectivity index is 1.57. The van der Waals surface area contributed by atoms with Crippen LogP contribution in [0.2, 0.25) is 5.02 Å². The van der Waals surface area contributed by atoms with Gasteiger partial charge < -0.3 is 15.4 Å². The highest BCUT2D eigenvalue weighted by atomic mass is 35.5. The summed E-state index contributed by atoms with van der Waals surface area (Å²) in [5.74, 6) is 0.514. The number of carbonyl (C=O) groups is 2. The molecule has 0 heterocycles. The molecular formula is C16H21ClN2O3. The van der Waals surface area contributed by atoms with Crippen molar-refractivity contribution in [3.63, 3.8) is 0 Å². The lowest BCUT2D eigenvalue weighted by atomic mass is 10.2. The molecule has 1 aliphatic rings. The molecule has 1 saturated carbocycles. The highest BCUT2D eigenvalue weighted by Crippen LogP contribution is 2.21. The van der Waals surface area contributed by atoms with Crippen molar-refractivity contribution in [2.75, 3.05) is 13.2 Å². The average Bonchev–Trinajstić information content (AvgIpc) is 3.27. The molecule has 0 atom stereocenters. The molecule has 22 heavy (non-hydrogen) atoms. The highest BCUT2D eigenvalue weighted by Gasteiger charge is 2.23. The van der Waals surface area contributed by atoms with E-state index in [9.17, 15) is 9.59 Å². The minimum atomic E-state index is -0.137. The summed E-state index contributed by atoms with van der Waals surface area (Å²) in [6, 6.07) is 5.75. The van der Waals surface area contributed by atoms with Gasteiger partial charge in [-0.3, -0.25) is 9.59 Å². The molecule has 2 amide bonds. The van der Waals surface area contributed by atoms with Gasteiger partial charge in [-0.2, -0.15) is 0 Å². The number of amides is 2. The van der Waals surface area contributed by atoms with Crippen LogP contribution in [0.5, 0.6) is 5.75 Å².